The van der Waals surface area contributed by atoms with Crippen LogP contribution in [0.15, 0.2) is 54.6 Å². The Morgan fingerprint density at radius 3 is 2.53 bits per heavy atom. The van der Waals surface area contributed by atoms with Gasteiger partial charge in [0.25, 0.3) is 0 Å². The van der Waals surface area contributed by atoms with Gasteiger partial charge in [-0.2, -0.15) is 0 Å². The average molecular weight is 492 g/mol. The zero-order valence-corrected chi connectivity index (χ0v) is 20.6. The lowest BCUT2D eigenvalue weighted by Gasteiger charge is -2.43. The summed E-state index contributed by atoms with van der Waals surface area (Å²) in [5.74, 6) is 0.787. The molecule has 5 rings (SSSR count). The number of ether oxygens (including phenoxy) is 2. The second-order valence-electron chi connectivity index (χ2n) is 9.62. The van der Waals surface area contributed by atoms with Crippen LogP contribution in [0.3, 0.4) is 0 Å². The molecule has 36 heavy (non-hydrogen) atoms. The summed E-state index contributed by atoms with van der Waals surface area (Å²) in [6, 6.07) is 17.2. The van der Waals surface area contributed by atoms with Crippen LogP contribution in [0.25, 0.3) is 11.0 Å². The van der Waals surface area contributed by atoms with Crippen molar-refractivity contribution in [2.75, 3.05) is 39.4 Å². The number of carbonyl (C=O) groups excluding carboxylic acids is 2. The number of fused-ring (bicyclic) bond motifs is 1. The van der Waals surface area contributed by atoms with E-state index < -0.39 is 5.60 Å². The number of para-hydroxylation sites is 2. The number of aryl methyl sites for hydroxylation is 1. The molecule has 0 radical (unpaired) electrons. The van der Waals surface area contributed by atoms with Gasteiger partial charge in [0.15, 0.2) is 0 Å². The Bertz CT molecular complexity index is 1180. The van der Waals surface area contributed by atoms with E-state index >= 15 is 0 Å². The molecule has 2 saturated heterocycles. The highest BCUT2D eigenvalue weighted by molar-refractivity contribution is 5.79. The van der Waals surface area contributed by atoms with E-state index in [4.69, 9.17) is 9.47 Å². The molecule has 190 valence electrons. The van der Waals surface area contributed by atoms with E-state index in [1.807, 2.05) is 59.5 Å². The molecule has 3 heterocycles. The van der Waals surface area contributed by atoms with Gasteiger partial charge in [-0.25, -0.2) is 4.68 Å². The van der Waals surface area contributed by atoms with Gasteiger partial charge in [0.05, 0.1) is 31.6 Å². The fourth-order valence-electron chi connectivity index (χ4n) is 5.01. The summed E-state index contributed by atoms with van der Waals surface area (Å²) in [6.07, 6.45) is 3.70. The Balaban J connectivity index is 1.27. The van der Waals surface area contributed by atoms with Crippen molar-refractivity contribution in [1.29, 1.82) is 0 Å². The molecule has 2 aliphatic rings. The molecular formula is C27H33N5O4. The number of piperidine rings is 1. The minimum Gasteiger partial charge on any atom is -0.490 e. The van der Waals surface area contributed by atoms with Crippen LogP contribution in [0.1, 0.15) is 32.1 Å². The number of benzene rings is 2. The summed E-state index contributed by atoms with van der Waals surface area (Å²) in [5, 5.41) is 8.37. The van der Waals surface area contributed by atoms with Gasteiger partial charge in [0, 0.05) is 26.1 Å². The van der Waals surface area contributed by atoms with Gasteiger partial charge in [-0.1, -0.05) is 35.5 Å². The van der Waals surface area contributed by atoms with Crippen molar-refractivity contribution in [2.24, 2.45) is 0 Å². The molecule has 3 aromatic rings. The van der Waals surface area contributed by atoms with Crippen molar-refractivity contribution in [2.45, 2.75) is 44.2 Å². The standard InChI is InChI=1S/C27H33N5O4/c33-25(13-16-32-24-12-6-5-11-23(24)28-29-32)31-17-18-36-27(20-31,21-35-22-9-3-1-4-10-22)19-26(34)30-14-7-2-8-15-30/h1,3-6,9-12H,2,7-8,13-21H2. The van der Waals surface area contributed by atoms with Gasteiger partial charge in [-0.15, -0.1) is 5.10 Å². The highest BCUT2D eigenvalue weighted by atomic mass is 16.5. The molecule has 9 nitrogen and oxygen atoms in total. The summed E-state index contributed by atoms with van der Waals surface area (Å²) in [4.78, 5) is 30.2. The van der Waals surface area contributed by atoms with Crippen LogP contribution in [0.2, 0.25) is 0 Å². The molecule has 0 bridgehead atoms. The third kappa shape index (κ3) is 5.67. The van der Waals surface area contributed by atoms with E-state index in [2.05, 4.69) is 10.3 Å². The fourth-order valence-corrected chi connectivity index (χ4v) is 5.01. The number of hydrogen-bond acceptors (Lipinski definition) is 6. The summed E-state index contributed by atoms with van der Waals surface area (Å²) in [7, 11) is 0. The summed E-state index contributed by atoms with van der Waals surface area (Å²) in [6.45, 7) is 3.37. The van der Waals surface area contributed by atoms with Crippen LogP contribution >= 0.6 is 0 Å². The second kappa shape index (κ2) is 11.1. The monoisotopic (exact) mass is 491 g/mol. The Labute approximate surface area is 210 Å². The van der Waals surface area contributed by atoms with Gasteiger partial charge in [0.1, 0.15) is 23.5 Å². The predicted octanol–water partition coefficient (Wildman–Crippen LogP) is 2.90. The van der Waals surface area contributed by atoms with E-state index in [1.54, 1.807) is 9.58 Å². The summed E-state index contributed by atoms with van der Waals surface area (Å²) in [5.41, 5.74) is 0.827. The van der Waals surface area contributed by atoms with Gasteiger partial charge < -0.3 is 19.3 Å². The molecule has 0 saturated carbocycles. The highest BCUT2D eigenvalue weighted by Crippen LogP contribution is 2.27. The number of likely N-dealkylation sites (tertiary alicyclic amines) is 1. The molecule has 2 fully saturated rings. The van der Waals surface area contributed by atoms with E-state index in [9.17, 15) is 9.59 Å². The molecule has 0 aliphatic carbocycles. The quantitative estimate of drug-likeness (QED) is 0.481. The largest absolute Gasteiger partial charge is 0.490 e. The van der Waals surface area contributed by atoms with E-state index in [0.717, 1.165) is 43.4 Å². The van der Waals surface area contributed by atoms with Crippen molar-refractivity contribution in [3.63, 3.8) is 0 Å². The fraction of sp³-hybridized carbons (Fsp3) is 0.481. The van der Waals surface area contributed by atoms with Gasteiger partial charge >= 0.3 is 0 Å². The maximum Gasteiger partial charge on any atom is 0.225 e. The number of amides is 2. The van der Waals surface area contributed by atoms with E-state index in [1.165, 1.54) is 0 Å². The zero-order valence-electron chi connectivity index (χ0n) is 20.6. The molecule has 1 atom stereocenters. The minimum atomic E-state index is -0.891. The van der Waals surface area contributed by atoms with Crippen LogP contribution in [-0.4, -0.2) is 81.6 Å². The first-order valence-corrected chi connectivity index (χ1v) is 12.8. The maximum absolute atomic E-state index is 13.3. The molecular weight excluding hydrogens is 458 g/mol. The SMILES string of the molecule is O=C(CC1(COc2ccccc2)CN(C(=O)CCn2nnc3ccccc32)CCO1)N1CCCCC1. The van der Waals surface area contributed by atoms with E-state index in [-0.39, 0.29) is 24.8 Å². The number of morpholine rings is 1. The van der Waals surface area contributed by atoms with E-state index in [0.29, 0.717) is 38.4 Å². The Kier molecular flexibility index (Phi) is 7.46. The Morgan fingerprint density at radius 1 is 0.917 bits per heavy atom. The van der Waals surface area contributed by atoms with Crippen molar-refractivity contribution < 1.29 is 19.1 Å². The second-order valence-corrected chi connectivity index (χ2v) is 9.62. The highest BCUT2D eigenvalue weighted by Gasteiger charge is 2.42. The molecule has 9 heteroatoms. The van der Waals surface area contributed by atoms with Crippen LogP contribution in [0, 0.1) is 0 Å². The van der Waals surface area contributed by atoms with Gasteiger partial charge in [0.2, 0.25) is 11.8 Å². The normalized spacial score (nSPS) is 20.4. The lowest BCUT2D eigenvalue weighted by atomic mass is 9.96. The number of rotatable bonds is 8. The number of aromatic nitrogens is 3. The number of carbonyl (C=O) groups is 2. The molecule has 1 aromatic heterocycles. The lowest BCUT2D eigenvalue weighted by molar-refractivity contribution is -0.166. The predicted molar refractivity (Wildman–Crippen MR) is 134 cm³/mol. The van der Waals surface area contributed by atoms with Crippen molar-refractivity contribution in [1.82, 2.24) is 24.8 Å². The number of hydrogen-bond donors (Lipinski definition) is 0. The number of nitrogens with zero attached hydrogens (tertiary/aromatic N) is 5. The summed E-state index contributed by atoms with van der Waals surface area (Å²) < 4.78 is 14.1. The molecule has 0 N–H and O–H groups in total. The first-order valence-electron chi connectivity index (χ1n) is 12.8. The van der Waals surface area contributed by atoms with Gasteiger partial charge in [-0.3, -0.25) is 9.59 Å². The maximum atomic E-state index is 13.3. The molecule has 0 spiro atoms. The third-order valence-electron chi connectivity index (χ3n) is 6.99. The van der Waals surface area contributed by atoms with Crippen LogP contribution < -0.4 is 4.74 Å². The first-order chi connectivity index (χ1) is 17.6. The summed E-state index contributed by atoms with van der Waals surface area (Å²) >= 11 is 0. The van der Waals surface area contributed by atoms with Crippen LogP contribution in [0.4, 0.5) is 0 Å². The van der Waals surface area contributed by atoms with Crippen LogP contribution in [-0.2, 0) is 20.9 Å². The van der Waals surface area contributed by atoms with Crippen LogP contribution in [0.5, 0.6) is 5.75 Å². The van der Waals surface area contributed by atoms with Crippen molar-refractivity contribution >= 4 is 22.8 Å². The zero-order chi connectivity index (χ0) is 24.8. The lowest BCUT2D eigenvalue weighted by Crippen LogP contribution is -2.58. The average Bonchev–Trinajstić information content (AvgIpc) is 3.35. The van der Waals surface area contributed by atoms with Crippen molar-refractivity contribution in [3.05, 3.63) is 54.6 Å². The van der Waals surface area contributed by atoms with Crippen molar-refractivity contribution in [3.8, 4) is 5.75 Å². The Hall–Kier alpha value is -3.46. The first kappa shape index (κ1) is 24.2. The van der Waals surface area contributed by atoms with Gasteiger partial charge in [-0.05, 0) is 43.5 Å². The molecule has 2 aliphatic heterocycles. The molecule has 2 aromatic carbocycles. The topological polar surface area (TPSA) is 89.8 Å². The minimum absolute atomic E-state index is 0.00684. The molecule has 2 amide bonds. The Morgan fingerprint density at radius 2 is 1.69 bits per heavy atom. The molecule has 1 unspecified atom stereocenters. The smallest absolute Gasteiger partial charge is 0.225 e. The third-order valence-corrected chi connectivity index (χ3v) is 6.99.